The number of nitriles is 1. The Hall–Kier alpha value is -3.31. The molecule has 1 aromatic carbocycles. The van der Waals surface area contributed by atoms with Gasteiger partial charge < -0.3 is 20.1 Å². The van der Waals surface area contributed by atoms with E-state index in [0.717, 1.165) is 4.88 Å². The van der Waals surface area contributed by atoms with Gasteiger partial charge in [-0.25, -0.2) is 9.59 Å². The molecule has 1 aliphatic heterocycles. The smallest absolute Gasteiger partial charge is 0.338 e. The van der Waals surface area contributed by atoms with Gasteiger partial charge in [0.05, 0.1) is 35.6 Å². The van der Waals surface area contributed by atoms with Crippen molar-refractivity contribution in [3.05, 3.63) is 63.5 Å². The second-order valence-electron chi connectivity index (χ2n) is 5.58. The van der Waals surface area contributed by atoms with E-state index in [1.807, 2.05) is 23.6 Å². The quantitative estimate of drug-likeness (QED) is 0.747. The standard InChI is InChI=1S/C19H17N3O4S/c1-2-25-18(23)16-14(11-26-13-7-5-12(10-20)6-8-13)21-19(24)22-17(16)15-4-3-9-27-15/h3-9,17H,2,11H2,1H3,(H2,21,22,24)/t17-/m0/s1. The number of hydrogen-bond acceptors (Lipinski definition) is 6. The van der Waals surface area contributed by atoms with Gasteiger partial charge in [0.25, 0.3) is 0 Å². The highest BCUT2D eigenvalue weighted by Gasteiger charge is 2.34. The zero-order valence-electron chi connectivity index (χ0n) is 14.5. The van der Waals surface area contributed by atoms with E-state index in [4.69, 9.17) is 14.7 Å². The fourth-order valence-electron chi connectivity index (χ4n) is 2.63. The zero-order valence-corrected chi connectivity index (χ0v) is 15.3. The molecule has 0 fully saturated rings. The predicted molar refractivity (Wildman–Crippen MR) is 99.0 cm³/mol. The van der Waals surface area contributed by atoms with Crippen LogP contribution in [0.15, 0.2) is 53.0 Å². The Balaban J connectivity index is 1.90. The number of hydrogen-bond donors (Lipinski definition) is 2. The van der Waals surface area contributed by atoms with Gasteiger partial charge in [-0.05, 0) is 42.6 Å². The van der Waals surface area contributed by atoms with Crippen LogP contribution in [0.1, 0.15) is 23.4 Å². The van der Waals surface area contributed by atoms with Gasteiger partial charge in [0.2, 0.25) is 0 Å². The van der Waals surface area contributed by atoms with Crippen molar-refractivity contribution in [2.45, 2.75) is 13.0 Å². The molecular weight excluding hydrogens is 366 g/mol. The predicted octanol–water partition coefficient (Wildman–Crippen LogP) is 2.87. The van der Waals surface area contributed by atoms with E-state index < -0.39 is 18.0 Å². The maximum absolute atomic E-state index is 12.6. The van der Waals surface area contributed by atoms with E-state index in [-0.39, 0.29) is 13.2 Å². The molecule has 27 heavy (non-hydrogen) atoms. The molecule has 0 unspecified atom stereocenters. The number of esters is 1. The van der Waals surface area contributed by atoms with Crippen LogP contribution in [-0.4, -0.2) is 25.2 Å². The van der Waals surface area contributed by atoms with Crippen molar-refractivity contribution in [3.63, 3.8) is 0 Å². The summed E-state index contributed by atoms with van der Waals surface area (Å²) in [6.45, 7) is 1.92. The normalized spacial score (nSPS) is 16.1. The average Bonchev–Trinajstić information content (AvgIpc) is 3.21. The minimum Gasteiger partial charge on any atom is -0.487 e. The molecule has 1 aromatic heterocycles. The Morgan fingerprint density at radius 3 is 2.70 bits per heavy atom. The minimum atomic E-state index is -0.600. The summed E-state index contributed by atoms with van der Waals surface area (Å²) < 4.78 is 10.9. The Morgan fingerprint density at radius 2 is 2.07 bits per heavy atom. The summed E-state index contributed by atoms with van der Waals surface area (Å²) in [6, 6.07) is 11.3. The highest BCUT2D eigenvalue weighted by atomic mass is 32.1. The molecule has 0 bridgehead atoms. The fraction of sp³-hybridized carbons (Fsp3) is 0.211. The van der Waals surface area contributed by atoms with E-state index in [0.29, 0.717) is 22.6 Å². The topological polar surface area (TPSA) is 100 Å². The largest absolute Gasteiger partial charge is 0.487 e. The van der Waals surface area contributed by atoms with Crippen molar-refractivity contribution >= 4 is 23.3 Å². The van der Waals surface area contributed by atoms with Gasteiger partial charge in [0.15, 0.2) is 0 Å². The molecule has 0 saturated heterocycles. The number of rotatable bonds is 6. The van der Waals surface area contributed by atoms with Gasteiger partial charge in [-0.1, -0.05) is 6.07 Å². The van der Waals surface area contributed by atoms with Gasteiger partial charge in [-0.3, -0.25) is 0 Å². The lowest BCUT2D eigenvalue weighted by Gasteiger charge is -2.28. The molecule has 7 nitrogen and oxygen atoms in total. The first-order valence-corrected chi connectivity index (χ1v) is 9.14. The lowest BCUT2D eigenvalue weighted by atomic mass is 10.0. The first-order chi connectivity index (χ1) is 13.1. The maximum atomic E-state index is 12.6. The van der Waals surface area contributed by atoms with E-state index in [1.165, 1.54) is 11.3 Å². The SMILES string of the molecule is CCOC(=O)C1=C(COc2ccc(C#N)cc2)NC(=O)N[C@H]1c1cccs1. The number of amides is 2. The molecule has 0 saturated carbocycles. The average molecular weight is 383 g/mol. The molecule has 0 aliphatic carbocycles. The molecule has 138 valence electrons. The molecule has 1 atom stereocenters. The third-order valence-electron chi connectivity index (χ3n) is 3.84. The number of carbonyl (C=O) groups excluding carboxylic acids is 2. The van der Waals surface area contributed by atoms with Crippen LogP contribution < -0.4 is 15.4 Å². The summed E-state index contributed by atoms with van der Waals surface area (Å²) in [5.41, 5.74) is 1.18. The number of nitrogens with one attached hydrogen (secondary N) is 2. The van der Waals surface area contributed by atoms with Crippen LogP contribution in [0.2, 0.25) is 0 Å². The van der Waals surface area contributed by atoms with Crippen LogP contribution in [0.25, 0.3) is 0 Å². The van der Waals surface area contributed by atoms with Crippen molar-refractivity contribution in [1.82, 2.24) is 10.6 Å². The third-order valence-corrected chi connectivity index (χ3v) is 4.78. The van der Waals surface area contributed by atoms with Crippen LogP contribution in [0.5, 0.6) is 5.75 Å². The first-order valence-electron chi connectivity index (χ1n) is 8.26. The highest BCUT2D eigenvalue weighted by molar-refractivity contribution is 7.10. The molecule has 2 heterocycles. The molecule has 0 radical (unpaired) electrons. The van der Waals surface area contributed by atoms with Gasteiger partial charge in [-0.15, -0.1) is 11.3 Å². The van der Waals surface area contributed by atoms with Crippen molar-refractivity contribution in [3.8, 4) is 11.8 Å². The van der Waals surface area contributed by atoms with Crippen LogP contribution in [0.3, 0.4) is 0 Å². The molecular formula is C19H17N3O4S. The van der Waals surface area contributed by atoms with Crippen LogP contribution in [-0.2, 0) is 9.53 Å². The van der Waals surface area contributed by atoms with Crippen molar-refractivity contribution in [1.29, 1.82) is 5.26 Å². The Morgan fingerprint density at radius 1 is 1.30 bits per heavy atom. The number of urea groups is 1. The molecule has 2 aromatic rings. The van der Waals surface area contributed by atoms with Gasteiger partial charge in [-0.2, -0.15) is 5.26 Å². The van der Waals surface area contributed by atoms with Gasteiger partial charge in [0.1, 0.15) is 12.4 Å². The summed E-state index contributed by atoms with van der Waals surface area (Å²) in [6.07, 6.45) is 0. The highest BCUT2D eigenvalue weighted by Crippen LogP contribution is 2.30. The van der Waals surface area contributed by atoms with E-state index in [1.54, 1.807) is 31.2 Å². The Bertz CT molecular complexity index is 898. The van der Waals surface area contributed by atoms with Crippen molar-refractivity contribution < 1.29 is 19.1 Å². The fourth-order valence-corrected chi connectivity index (χ4v) is 3.42. The molecule has 2 N–H and O–H groups in total. The number of carbonyl (C=O) groups is 2. The van der Waals surface area contributed by atoms with Crippen LogP contribution in [0.4, 0.5) is 4.79 Å². The maximum Gasteiger partial charge on any atom is 0.338 e. The third kappa shape index (κ3) is 4.27. The van der Waals surface area contributed by atoms with Crippen LogP contribution in [0, 0.1) is 11.3 Å². The van der Waals surface area contributed by atoms with E-state index >= 15 is 0 Å². The second kappa shape index (κ2) is 8.38. The summed E-state index contributed by atoms with van der Waals surface area (Å²) >= 11 is 1.44. The van der Waals surface area contributed by atoms with Crippen molar-refractivity contribution in [2.24, 2.45) is 0 Å². The Kier molecular flexibility index (Phi) is 5.74. The molecule has 0 spiro atoms. The molecule has 2 amide bonds. The lowest BCUT2D eigenvalue weighted by Crippen LogP contribution is -2.47. The second-order valence-corrected chi connectivity index (χ2v) is 6.56. The van der Waals surface area contributed by atoms with Gasteiger partial charge >= 0.3 is 12.0 Å². The zero-order chi connectivity index (χ0) is 19.2. The lowest BCUT2D eigenvalue weighted by molar-refractivity contribution is -0.139. The number of nitrogens with zero attached hydrogens (tertiary/aromatic N) is 1. The molecule has 8 heteroatoms. The number of benzene rings is 1. The summed E-state index contributed by atoms with van der Waals surface area (Å²) in [4.78, 5) is 25.5. The molecule has 1 aliphatic rings. The number of ether oxygens (including phenoxy) is 2. The summed E-state index contributed by atoms with van der Waals surface area (Å²) in [5.74, 6) is 0.00647. The Labute approximate surface area is 160 Å². The first kappa shape index (κ1) is 18.5. The summed E-state index contributed by atoms with van der Waals surface area (Å²) in [5, 5.41) is 16.1. The monoisotopic (exact) mass is 383 g/mol. The van der Waals surface area contributed by atoms with E-state index in [9.17, 15) is 9.59 Å². The van der Waals surface area contributed by atoms with Crippen molar-refractivity contribution in [2.75, 3.05) is 13.2 Å². The van der Waals surface area contributed by atoms with E-state index in [2.05, 4.69) is 10.6 Å². The van der Waals surface area contributed by atoms with Crippen LogP contribution >= 0.6 is 11.3 Å². The molecule has 3 rings (SSSR count). The van der Waals surface area contributed by atoms with Gasteiger partial charge in [0, 0.05) is 4.88 Å². The number of thiophene rings is 1. The minimum absolute atomic E-state index is 0.0185. The summed E-state index contributed by atoms with van der Waals surface area (Å²) in [7, 11) is 0.